The Labute approximate surface area is 229 Å². The van der Waals surface area contributed by atoms with Gasteiger partial charge >= 0.3 is 5.97 Å². The summed E-state index contributed by atoms with van der Waals surface area (Å²) in [6.45, 7) is 5.25. The molecule has 206 valence electrons. The normalized spacial score (nSPS) is 14.4. The molecule has 1 unspecified atom stereocenters. The molecule has 1 aromatic heterocycles. The quantitative estimate of drug-likeness (QED) is 0.442. The van der Waals surface area contributed by atoms with E-state index in [0.717, 1.165) is 18.1 Å². The van der Waals surface area contributed by atoms with Crippen LogP contribution in [0.25, 0.3) is 6.08 Å². The molecule has 2 heterocycles. The van der Waals surface area contributed by atoms with Crippen molar-refractivity contribution in [2.24, 2.45) is 4.99 Å². The van der Waals surface area contributed by atoms with Crippen molar-refractivity contribution in [2.75, 3.05) is 27.9 Å². The van der Waals surface area contributed by atoms with Gasteiger partial charge in [0, 0.05) is 6.92 Å². The Morgan fingerprint density at radius 1 is 1.08 bits per heavy atom. The number of carboxylic acid groups (broad SMARTS) is 1. The molecule has 1 aliphatic heterocycles. The number of hydrogen-bond acceptors (Lipinski definition) is 9. The van der Waals surface area contributed by atoms with Crippen molar-refractivity contribution in [3.8, 4) is 17.2 Å². The molecule has 0 fully saturated rings. The molecule has 2 aromatic carbocycles. The topological polar surface area (TPSA) is 126 Å². The second-order valence-corrected chi connectivity index (χ2v) is 9.22. The van der Waals surface area contributed by atoms with Gasteiger partial charge in [-0.25, -0.2) is 9.79 Å². The Kier molecular flexibility index (Phi) is 9.67. The Morgan fingerprint density at radius 2 is 1.74 bits per heavy atom. The number of thiazole rings is 1. The first-order valence-electron chi connectivity index (χ1n) is 11.9. The van der Waals surface area contributed by atoms with Crippen LogP contribution in [0.15, 0.2) is 63.5 Å². The van der Waals surface area contributed by atoms with Gasteiger partial charge in [-0.3, -0.25) is 14.2 Å². The van der Waals surface area contributed by atoms with Gasteiger partial charge in [0.05, 0.1) is 49.8 Å². The summed E-state index contributed by atoms with van der Waals surface area (Å²) in [7, 11) is 4.47. The molecular weight excluding hydrogens is 524 g/mol. The third-order valence-corrected chi connectivity index (χ3v) is 6.63. The molecule has 0 bridgehead atoms. The van der Waals surface area contributed by atoms with Crippen LogP contribution in [-0.2, 0) is 14.3 Å². The molecular formula is C28H30N2O8S. The zero-order valence-corrected chi connectivity index (χ0v) is 23.3. The highest BCUT2D eigenvalue weighted by Gasteiger charge is 2.33. The maximum absolute atomic E-state index is 13.6. The number of allylic oxidation sites excluding steroid dienone is 1. The van der Waals surface area contributed by atoms with Crippen LogP contribution in [0.2, 0.25) is 0 Å². The van der Waals surface area contributed by atoms with E-state index in [9.17, 15) is 9.59 Å². The molecule has 4 rings (SSSR count). The maximum atomic E-state index is 13.6. The molecule has 0 amide bonds. The first-order chi connectivity index (χ1) is 18.6. The van der Waals surface area contributed by atoms with Crippen LogP contribution >= 0.6 is 11.3 Å². The average Bonchev–Trinajstić information content (AvgIpc) is 3.22. The van der Waals surface area contributed by atoms with Crippen LogP contribution in [-0.4, -0.2) is 49.5 Å². The number of rotatable bonds is 7. The van der Waals surface area contributed by atoms with E-state index in [-0.39, 0.29) is 5.56 Å². The number of nitrogens with zero attached hydrogens (tertiary/aromatic N) is 2. The fraction of sp³-hybridized carbons (Fsp3) is 0.286. The minimum Gasteiger partial charge on any atom is -0.497 e. The minimum atomic E-state index is -0.833. The van der Waals surface area contributed by atoms with Gasteiger partial charge in [0.25, 0.3) is 11.5 Å². The molecule has 1 atom stereocenters. The third-order valence-electron chi connectivity index (χ3n) is 5.64. The van der Waals surface area contributed by atoms with Gasteiger partial charge in [-0.2, -0.15) is 0 Å². The van der Waals surface area contributed by atoms with Gasteiger partial charge < -0.3 is 24.1 Å². The van der Waals surface area contributed by atoms with E-state index in [1.165, 1.54) is 18.4 Å². The zero-order chi connectivity index (χ0) is 28.7. The number of esters is 1. The van der Waals surface area contributed by atoms with Crippen LogP contribution < -0.4 is 29.1 Å². The van der Waals surface area contributed by atoms with E-state index >= 15 is 0 Å². The summed E-state index contributed by atoms with van der Waals surface area (Å²) in [4.78, 5) is 40.5. The summed E-state index contributed by atoms with van der Waals surface area (Å²) >= 11 is 1.26. The number of fused-ring (bicyclic) bond motifs is 1. The van der Waals surface area contributed by atoms with E-state index < -0.39 is 18.0 Å². The lowest BCUT2D eigenvalue weighted by molar-refractivity contribution is -0.137. The SMILES string of the molecule is CC(=O)O.CCOc1ccc(C=c2sc3n(c2=O)C(c2ccc(OC)cc2)C(C(=O)OC)=C(C)N=3)cc1OC. The van der Waals surface area contributed by atoms with Crippen LogP contribution in [0.1, 0.15) is 37.9 Å². The monoisotopic (exact) mass is 554 g/mol. The summed E-state index contributed by atoms with van der Waals surface area (Å²) in [6.07, 6.45) is 1.78. The summed E-state index contributed by atoms with van der Waals surface area (Å²) < 4.78 is 23.4. The van der Waals surface area contributed by atoms with Crippen molar-refractivity contribution >= 4 is 29.4 Å². The van der Waals surface area contributed by atoms with Crippen molar-refractivity contribution in [3.63, 3.8) is 0 Å². The fourth-order valence-electron chi connectivity index (χ4n) is 3.99. The first-order valence-corrected chi connectivity index (χ1v) is 12.7. The first kappa shape index (κ1) is 29.2. The van der Waals surface area contributed by atoms with Crippen molar-refractivity contribution in [1.82, 2.24) is 4.57 Å². The van der Waals surface area contributed by atoms with Crippen LogP contribution in [0, 0.1) is 0 Å². The Bertz CT molecular complexity index is 1560. The standard InChI is InChI=1S/C26H26N2O6S.C2H4O2/c1-6-34-19-12-7-16(13-20(19)32-4)14-21-24(29)28-23(17-8-10-18(31-3)11-9-17)22(25(30)33-5)15(2)27-26(28)35-21;1-2(3)4/h7-14,23H,6H2,1-5H3;1H3,(H,3,4). The van der Waals surface area contributed by atoms with Crippen molar-refractivity contribution in [3.05, 3.63) is 84.5 Å². The number of aromatic nitrogens is 1. The van der Waals surface area contributed by atoms with Crippen LogP contribution in [0.4, 0.5) is 0 Å². The van der Waals surface area contributed by atoms with E-state index in [2.05, 4.69) is 4.99 Å². The number of aliphatic carboxylic acids is 1. The van der Waals surface area contributed by atoms with E-state index in [0.29, 0.717) is 44.5 Å². The zero-order valence-electron chi connectivity index (χ0n) is 22.5. The second-order valence-electron chi connectivity index (χ2n) is 8.21. The lowest BCUT2D eigenvalue weighted by atomic mass is 9.96. The number of ether oxygens (including phenoxy) is 4. The molecule has 3 aromatic rings. The number of methoxy groups -OCH3 is 3. The predicted molar refractivity (Wildman–Crippen MR) is 146 cm³/mol. The van der Waals surface area contributed by atoms with Crippen molar-refractivity contribution < 1.29 is 33.6 Å². The van der Waals surface area contributed by atoms with Gasteiger partial charge in [-0.1, -0.05) is 29.5 Å². The molecule has 39 heavy (non-hydrogen) atoms. The van der Waals surface area contributed by atoms with Crippen molar-refractivity contribution in [1.29, 1.82) is 0 Å². The van der Waals surface area contributed by atoms with E-state index in [4.69, 9.17) is 28.8 Å². The highest BCUT2D eigenvalue weighted by molar-refractivity contribution is 7.07. The summed E-state index contributed by atoms with van der Waals surface area (Å²) in [6, 6.07) is 12.1. The summed E-state index contributed by atoms with van der Waals surface area (Å²) in [5, 5.41) is 7.42. The molecule has 0 saturated carbocycles. The Balaban J connectivity index is 0.000000983. The van der Waals surface area contributed by atoms with Gasteiger partial charge in [-0.05, 0) is 55.3 Å². The summed E-state index contributed by atoms with van der Waals surface area (Å²) in [5.74, 6) is 0.517. The lowest BCUT2D eigenvalue weighted by Crippen LogP contribution is -2.39. The number of carbonyl (C=O) groups excluding carboxylic acids is 1. The fourth-order valence-corrected chi connectivity index (χ4v) is 5.04. The largest absolute Gasteiger partial charge is 0.497 e. The van der Waals surface area contributed by atoms with Crippen LogP contribution in [0.3, 0.4) is 0 Å². The highest BCUT2D eigenvalue weighted by atomic mass is 32.1. The number of carboxylic acids is 1. The molecule has 1 N–H and O–H groups in total. The van der Waals surface area contributed by atoms with Crippen LogP contribution in [0.5, 0.6) is 17.2 Å². The maximum Gasteiger partial charge on any atom is 0.338 e. The molecule has 0 spiro atoms. The van der Waals surface area contributed by atoms with Gasteiger partial charge in [-0.15, -0.1) is 0 Å². The predicted octanol–water partition coefficient (Wildman–Crippen LogP) is 2.92. The number of benzene rings is 2. The van der Waals surface area contributed by atoms with E-state index in [1.54, 1.807) is 43.9 Å². The molecule has 1 aliphatic rings. The molecule has 0 aliphatic carbocycles. The number of carbonyl (C=O) groups is 2. The highest BCUT2D eigenvalue weighted by Crippen LogP contribution is 2.32. The van der Waals surface area contributed by atoms with Gasteiger partial charge in [0.15, 0.2) is 16.3 Å². The van der Waals surface area contributed by atoms with Gasteiger partial charge in [0.1, 0.15) is 5.75 Å². The molecule has 0 radical (unpaired) electrons. The Hall–Kier alpha value is -4.38. The summed E-state index contributed by atoms with van der Waals surface area (Å²) in [5.41, 5.74) is 2.10. The van der Waals surface area contributed by atoms with Gasteiger partial charge in [0.2, 0.25) is 0 Å². The minimum absolute atomic E-state index is 0.253. The average molecular weight is 555 g/mol. The second kappa shape index (κ2) is 12.9. The number of hydrogen-bond donors (Lipinski definition) is 1. The third kappa shape index (κ3) is 6.55. The smallest absolute Gasteiger partial charge is 0.338 e. The molecule has 11 heteroatoms. The molecule has 10 nitrogen and oxygen atoms in total. The van der Waals surface area contributed by atoms with E-state index in [1.807, 2.05) is 37.3 Å². The lowest BCUT2D eigenvalue weighted by Gasteiger charge is -2.24. The van der Waals surface area contributed by atoms with Crippen molar-refractivity contribution in [2.45, 2.75) is 26.8 Å². The molecule has 0 saturated heterocycles. The Morgan fingerprint density at radius 3 is 2.31 bits per heavy atom.